The largest absolute Gasteiger partial charge is 0.545 e. The van der Waals surface area contributed by atoms with Crippen LogP contribution < -0.4 is 10.4 Å². The molecule has 5 heteroatoms. The van der Waals surface area contributed by atoms with E-state index in [1.54, 1.807) is 30.5 Å². The van der Waals surface area contributed by atoms with Gasteiger partial charge in [-0.1, -0.05) is 23.7 Å². The number of halogens is 1. The van der Waals surface area contributed by atoms with E-state index in [4.69, 9.17) is 11.6 Å². The maximum Gasteiger partial charge on any atom is 0.0737 e. The van der Waals surface area contributed by atoms with Crippen LogP contribution in [0.3, 0.4) is 0 Å². The number of anilines is 2. The van der Waals surface area contributed by atoms with Crippen molar-refractivity contribution in [3.63, 3.8) is 0 Å². The number of pyridine rings is 1. The maximum atomic E-state index is 10.7. The number of fused-ring (bicyclic) bond motifs is 1. The lowest BCUT2D eigenvalue weighted by Gasteiger charge is -2.10. The minimum Gasteiger partial charge on any atom is -0.545 e. The molecule has 0 aliphatic heterocycles. The number of nitrogens with one attached hydrogen (secondary N) is 1. The molecule has 3 rings (SSSR count). The molecule has 0 unspecified atom stereocenters. The molecule has 1 aromatic heterocycles. The lowest BCUT2D eigenvalue weighted by molar-refractivity contribution is -0.255. The van der Waals surface area contributed by atoms with E-state index < -0.39 is 5.97 Å². The average molecular weight is 298 g/mol. The number of benzene rings is 2. The van der Waals surface area contributed by atoms with Crippen molar-refractivity contribution in [2.75, 3.05) is 5.32 Å². The summed E-state index contributed by atoms with van der Waals surface area (Å²) in [7, 11) is 0. The first kappa shape index (κ1) is 13.4. The van der Waals surface area contributed by atoms with E-state index in [2.05, 4.69) is 10.3 Å². The number of hydrogen-bond acceptors (Lipinski definition) is 4. The molecule has 0 fully saturated rings. The zero-order valence-corrected chi connectivity index (χ0v) is 11.6. The van der Waals surface area contributed by atoms with Crippen LogP contribution in [0.4, 0.5) is 11.4 Å². The molecular weight excluding hydrogens is 288 g/mol. The molecule has 104 valence electrons. The van der Waals surface area contributed by atoms with Crippen LogP contribution in [0, 0.1) is 0 Å². The molecule has 1 N–H and O–H groups in total. The van der Waals surface area contributed by atoms with Crippen LogP contribution in [-0.4, -0.2) is 11.0 Å². The molecule has 0 atom stereocenters. The van der Waals surface area contributed by atoms with Crippen LogP contribution in [0.15, 0.2) is 54.7 Å². The highest BCUT2D eigenvalue weighted by Crippen LogP contribution is 2.27. The third-order valence-corrected chi connectivity index (χ3v) is 3.34. The standard InChI is InChI=1S/C16H11ClN2O2/c17-11-3-6-13-14(7-8-18-15(13)9-11)19-12-4-1-10(2-5-12)16(20)21/h1-9H,(H,18,19)(H,20,21)/p-1. The Bertz CT molecular complexity index is 816. The number of nitrogens with zero attached hydrogens (tertiary/aromatic N) is 1. The fourth-order valence-corrected chi connectivity index (χ4v) is 2.24. The number of rotatable bonds is 3. The van der Waals surface area contributed by atoms with Crippen molar-refractivity contribution >= 4 is 39.8 Å². The molecule has 4 nitrogen and oxygen atoms in total. The monoisotopic (exact) mass is 297 g/mol. The van der Waals surface area contributed by atoms with Crippen molar-refractivity contribution in [3.8, 4) is 0 Å². The number of aromatic nitrogens is 1. The van der Waals surface area contributed by atoms with Crippen molar-refractivity contribution in [3.05, 3.63) is 65.3 Å². The predicted octanol–water partition coefficient (Wildman–Crippen LogP) is 3.00. The first-order chi connectivity index (χ1) is 10.1. The molecule has 2 aromatic carbocycles. The molecule has 1 heterocycles. The topological polar surface area (TPSA) is 65.0 Å². The average Bonchev–Trinajstić information content (AvgIpc) is 2.47. The SMILES string of the molecule is O=C([O-])c1ccc(Nc2ccnc3cc(Cl)ccc23)cc1. The van der Waals surface area contributed by atoms with Crippen molar-refractivity contribution in [1.82, 2.24) is 4.98 Å². The molecule has 0 radical (unpaired) electrons. The maximum absolute atomic E-state index is 10.7. The van der Waals surface area contributed by atoms with Crippen molar-refractivity contribution in [1.29, 1.82) is 0 Å². The fraction of sp³-hybridized carbons (Fsp3) is 0. The Labute approximate surface area is 126 Å². The Kier molecular flexibility index (Phi) is 3.46. The number of aromatic carboxylic acids is 1. The Morgan fingerprint density at radius 1 is 1.10 bits per heavy atom. The van der Waals surface area contributed by atoms with Gasteiger partial charge in [-0.15, -0.1) is 0 Å². The Balaban J connectivity index is 1.96. The van der Waals surface area contributed by atoms with Crippen LogP contribution in [0.1, 0.15) is 10.4 Å². The van der Waals surface area contributed by atoms with Gasteiger partial charge in [-0.05, 0) is 42.0 Å². The molecule has 0 saturated carbocycles. The number of carbonyl (C=O) groups is 1. The summed E-state index contributed by atoms with van der Waals surface area (Å²) in [5.41, 5.74) is 2.59. The minimum atomic E-state index is -1.19. The van der Waals surface area contributed by atoms with Gasteiger partial charge >= 0.3 is 0 Å². The number of carboxylic acid groups (broad SMARTS) is 1. The van der Waals surface area contributed by atoms with E-state index in [1.807, 2.05) is 12.1 Å². The van der Waals surface area contributed by atoms with E-state index in [0.717, 1.165) is 22.3 Å². The van der Waals surface area contributed by atoms with Gasteiger partial charge < -0.3 is 15.2 Å². The van der Waals surface area contributed by atoms with Crippen molar-refractivity contribution in [2.45, 2.75) is 0 Å². The zero-order valence-electron chi connectivity index (χ0n) is 10.8. The smallest absolute Gasteiger partial charge is 0.0737 e. The first-order valence-corrected chi connectivity index (χ1v) is 6.64. The van der Waals surface area contributed by atoms with Gasteiger partial charge in [-0.25, -0.2) is 0 Å². The van der Waals surface area contributed by atoms with Gasteiger partial charge in [0.15, 0.2) is 0 Å². The molecular formula is C16H10ClN2O2-. The normalized spacial score (nSPS) is 10.5. The second-order valence-corrected chi connectivity index (χ2v) is 4.95. The van der Waals surface area contributed by atoms with Crippen LogP contribution in [-0.2, 0) is 0 Å². The third-order valence-electron chi connectivity index (χ3n) is 3.10. The summed E-state index contributed by atoms with van der Waals surface area (Å²) < 4.78 is 0. The minimum absolute atomic E-state index is 0.145. The highest BCUT2D eigenvalue weighted by molar-refractivity contribution is 6.31. The van der Waals surface area contributed by atoms with Gasteiger partial charge in [0.05, 0.1) is 11.5 Å². The molecule has 0 aliphatic carbocycles. The summed E-state index contributed by atoms with van der Waals surface area (Å²) in [6.45, 7) is 0. The quantitative estimate of drug-likeness (QED) is 0.807. The molecule has 0 spiro atoms. The third kappa shape index (κ3) is 2.80. The van der Waals surface area contributed by atoms with Gasteiger partial charge in [-0.3, -0.25) is 4.98 Å². The highest BCUT2D eigenvalue weighted by atomic mass is 35.5. The second kappa shape index (κ2) is 5.42. The first-order valence-electron chi connectivity index (χ1n) is 6.26. The number of hydrogen-bond donors (Lipinski definition) is 1. The summed E-state index contributed by atoms with van der Waals surface area (Å²) in [5.74, 6) is -1.19. The van der Waals surface area contributed by atoms with E-state index in [0.29, 0.717) is 5.02 Å². The predicted molar refractivity (Wildman–Crippen MR) is 80.8 cm³/mol. The summed E-state index contributed by atoms with van der Waals surface area (Å²) >= 11 is 5.96. The molecule has 3 aromatic rings. The molecule has 21 heavy (non-hydrogen) atoms. The van der Waals surface area contributed by atoms with Gasteiger partial charge in [0.25, 0.3) is 0 Å². The molecule has 0 amide bonds. The summed E-state index contributed by atoms with van der Waals surface area (Å²) in [4.78, 5) is 15.0. The van der Waals surface area contributed by atoms with E-state index in [1.165, 1.54) is 12.1 Å². The highest BCUT2D eigenvalue weighted by Gasteiger charge is 2.03. The summed E-state index contributed by atoms with van der Waals surface area (Å²) in [6, 6.07) is 13.7. The van der Waals surface area contributed by atoms with E-state index >= 15 is 0 Å². The van der Waals surface area contributed by atoms with Crippen molar-refractivity contribution in [2.24, 2.45) is 0 Å². The Hall–Kier alpha value is -2.59. The van der Waals surface area contributed by atoms with Crippen LogP contribution in [0.25, 0.3) is 10.9 Å². The number of carboxylic acids is 1. The fourth-order valence-electron chi connectivity index (χ4n) is 2.08. The van der Waals surface area contributed by atoms with Crippen LogP contribution in [0.5, 0.6) is 0 Å². The van der Waals surface area contributed by atoms with Crippen molar-refractivity contribution < 1.29 is 9.90 Å². The zero-order chi connectivity index (χ0) is 14.8. The van der Waals surface area contributed by atoms with Crippen LogP contribution in [0.2, 0.25) is 5.02 Å². The summed E-state index contributed by atoms with van der Waals surface area (Å²) in [5, 5.41) is 15.5. The van der Waals surface area contributed by atoms with Gasteiger partial charge in [0.2, 0.25) is 0 Å². The molecule has 0 aliphatic rings. The lowest BCUT2D eigenvalue weighted by Crippen LogP contribution is -2.21. The van der Waals surface area contributed by atoms with Crippen LogP contribution >= 0.6 is 11.6 Å². The molecule has 0 bridgehead atoms. The van der Waals surface area contributed by atoms with Gasteiger partial charge in [0, 0.05) is 28.0 Å². The van der Waals surface area contributed by atoms with E-state index in [-0.39, 0.29) is 5.56 Å². The van der Waals surface area contributed by atoms with Gasteiger partial charge in [-0.2, -0.15) is 0 Å². The Morgan fingerprint density at radius 2 is 1.86 bits per heavy atom. The summed E-state index contributed by atoms with van der Waals surface area (Å²) in [6.07, 6.45) is 1.69. The van der Waals surface area contributed by atoms with E-state index in [9.17, 15) is 9.90 Å². The number of carbonyl (C=O) groups excluding carboxylic acids is 1. The van der Waals surface area contributed by atoms with Gasteiger partial charge in [0.1, 0.15) is 0 Å². The Morgan fingerprint density at radius 3 is 2.57 bits per heavy atom. The second-order valence-electron chi connectivity index (χ2n) is 4.51. The molecule has 0 saturated heterocycles. The lowest BCUT2D eigenvalue weighted by atomic mass is 10.1.